The molecule has 0 saturated carbocycles. The maximum atomic E-state index is 11.1. The van der Waals surface area contributed by atoms with Crippen LogP contribution in [0.3, 0.4) is 0 Å². The molecule has 0 aliphatic rings. The molecule has 0 aliphatic carbocycles. The minimum atomic E-state index is -1.36. The Morgan fingerprint density at radius 3 is 2.74 bits per heavy atom. The third-order valence-corrected chi connectivity index (χ3v) is 2.46. The zero-order chi connectivity index (χ0) is 13.8. The fourth-order valence-corrected chi connectivity index (χ4v) is 1.58. The number of ether oxygens (including phenoxy) is 2. The lowest BCUT2D eigenvalue weighted by Crippen LogP contribution is -2.24. The number of carbonyl (C=O) groups excluding carboxylic acids is 1. The molecule has 19 heavy (non-hydrogen) atoms. The summed E-state index contributed by atoms with van der Waals surface area (Å²) >= 11 is 0. The molecule has 1 aromatic heterocycles. The molecule has 0 aliphatic heterocycles. The maximum absolute atomic E-state index is 11.1. The molecular formula is C13H11N2O4-. The van der Waals surface area contributed by atoms with E-state index in [1.54, 1.807) is 24.3 Å². The number of carbonyl (C=O) groups is 1. The van der Waals surface area contributed by atoms with Gasteiger partial charge >= 0.3 is 0 Å². The lowest BCUT2D eigenvalue weighted by Gasteiger charge is -2.13. The Bertz CT molecular complexity index is 613. The second kappa shape index (κ2) is 5.34. The van der Waals surface area contributed by atoms with Crippen molar-refractivity contribution in [3.63, 3.8) is 0 Å². The molecule has 2 aromatic rings. The maximum Gasteiger partial charge on any atom is 0.158 e. The molecule has 0 unspecified atom stereocenters. The number of hydrogen-bond donors (Lipinski definition) is 0. The minimum Gasteiger partial charge on any atom is -0.545 e. The summed E-state index contributed by atoms with van der Waals surface area (Å²) in [5.74, 6) is -0.230. The molecule has 0 fully saturated rings. The molecular weight excluding hydrogens is 248 g/mol. The van der Waals surface area contributed by atoms with Crippen LogP contribution in [0.4, 0.5) is 0 Å². The normalized spacial score (nSPS) is 10.0. The van der Waals surface area contributed by atoms with Crippen molar-refractivity contribution in [1.29, 1.82) is 0 Å². The molecule has 0 bridgehead atoms. The molecule has 0 spiro atoms. The number of aromatic nitrogens is 2. The lowest BCUT2D eigenvalue weighted by molar-refractivity contribution is -0.255. The fourth-order valence-electron chi connectivity index (χ4n) is 1.58. The number of hydrogen-bond acceptors (Lipinski definition) is 6. The molecule has 0 amide bonds. The number of carboxylic acid groups (broad SMARTS) is 1. The van der Waals surface area contributed by atoms with E-state index in [9.17, 15) is 9.90 Å². The first-order chi connectivity index (χ1) is 9.11. The SMILES string of the molecule is COc1cccc(Oc2cnnc(C)c2C(=O)[O-])c1. The lowest BCUT2D eigenvalue weighted by atomic mass is 10.2. The Balaban J connectivity index is 2.38. The molecule has 1 heterocycles. The number of benzene rings is 1. The third-order valence-electron chi connectivity index (χ3n) is 2.46. The van der Waals surface area contributed by atoms with Crippen molar-refractivity contribution in [3.05, 3.63) is 41.7 Å². The van der Waals surface area contributed by atoms with Gasteiger partial charge in [-0.2, -0.15) is 10.2 Å². The van der Waals surface area contributed by atoms with Gasteiger partial charge in [-0.15, -0.1) is 0 Å². The first-order valence-electron chi connectivity index (χ1n) is 5.47. The zero-order valence-electron chi connectivity index (χ0n) is 10.4. The van der Waals surface area contributed by atoms with Crippen LogP contribution >= 0.6 is 0 Å². The Hall–Kier alpha value is -2.63. The van der Waals surface area contributed by atoms with Crippen LogP contribution in [0.25, 0.3) is 0 Å². The molecule has 98 valence electrons. The van der Waals surface area contributed by atoms with Crippen LogP contribution in [0.5, 0.6) is 17.2 Å². The van der Waals surface area contributed by atoms with Gasteiger partial charge in [0.05, 0.1) is 30.5 Å². The summed E-state index contributed by atoms with van der Waals surface area (Å²) in [6, 6.07) is 6.79. The quantitative estimate of drug-likeness (QED) is 0.812. The molecule has 0 N–H and O–H groups in total. The van der Waals surface area contributed by atoms with Crippen molar-refractivity contribution in [1.82, 2.24) is 10.2 Å². The third kappa shape index (κ3) is 2.79. The van der Waals surface area contributed by atoms with E-state index in [4.69, 9.17) is 9.47 Å². The van der Waals surface area contributed by atoms with E-state index < -0.39 is 5.97 Å². The van der Waals surface area contributed by atoms with Gasteiger partial charge < -0.3 is 19.4 Å². The highest BCUT2D eigenvalue weighted by Crippen LogP contribution is 2.27. The average Bonchev–Trinajstić information content (AvgIpc) is 2.38. The van der Waals surface area contributed by atoms with Gasteiger partial charge in [-0.05, 0) is 19.1 Å². The van der Waals surface area contributed by atoms with Crippen LogP contribution < -0.4 is 14.6 Å². The number of aromatic carboxylic acids is 1. The van der Waals surface area contributed by atoms with Gasteiger partial charge in [-0.25, -0.2) is 0 Å². The summed E-state index contributed by atoms with van der Waals surface area (Å²) in [6.07, 6.45) is 1.23. The van der Waals surface area contributed by atoms with Crippen LogP contribution in [0, 0.1) is 6.92 Å². The van der Waals surface area contributed by atoms with Crippen LogP contribution in [0.2, 0.25) is 0 Å². The predicted molar refractivity (Wildman–Crippen MR) is 64.2 cm³/mol. The standard InChI is InChI=1S/C13H12N2O4/c1-8-12(13(16)17)11(7-14-15-8)19-10-5-3-4-9(6-10)18-2/h3-7H,1-2H3,(H,16,17)/p-1. The summed E-state index contributed by atoms with van der Waals surface area (Å²) in [5.41, 5.74) is 0.123. The molecule has 6 heteroatoms. The van der Waals surface area contributed by atoms with Crippen LogP contribution in [0.15, 0.2) is 30.5 Å². The van der Waals surface area contributed by atoms with E-state index in [1.165, 1.54) is 20.2 Å². The highest BCUT2D eigenvalue weighted by Gasteiger charge is 2.11. The van der Waals surface area contributed by atoms with Crippen molar-refractivity contribution < 1.29 is 19.4 Å². The van der Waals surface area contributed by atoms with Gasteiger partial charge in [0.15, 0.2) is 5.75 Å². The molecule has 1 aromatic carbocycles. The topological polar surface area (TPSA) is 84.4 Å². The largest absolute Gasteiger partial charge is 0.545 e. The summed E-state index contributed by atoms with van der Waals surface area (Å²) in [5, 5.41) is 18.4. The Labute approximate surface area is 109 Å². The van der Waals surface area contributed by atoms with Gasteiger partial charge in [0.1, 0.15) is 11.5 Å². The minimum absolute atomic E-state index is 0.0840. The molecule has 0 radical (unpaired) electrons. The second-order valence-corrected chi connectivity index (χ2v) is 3.74. The average molecular weight is 259 g/mol. The van der Waals surface area contributed by atoms with Gasteiger partial charge in [0.2, 0.25) is 0 Å². The van der Waals surface area contributed by atoms with Crippen LogP contribution in [-0.4, -0.2) is 23.3 Å². The summed E-state index contributed by atoms with van der Waals surface area (Å²) in [4.78, 5) is 11.1. The molecule has 6 nitrogen and oxygen atoms in total. The fraction of sp³-hybridized carbons (Fsp3) is 0.154. The van der Waals surface area contributed by atoms with E-state index >= 15 is 0 Å². The number of nitrogens with zero attached hydrogens (tertiary/aromatic N) is 2. The van der Waals surface area contributed by atoms with Crippen LogP contribution in [-0.2, 0) is 0 Å². The van der Waals surface area contributed by atoms with Gasteiger partial charge in [-0.1, -0.05) is 6.07 Å². The Morgan fingerprint density at radius 2 is 2.05 bits per heavy atom. The molecule has 2 rings (SSSR count). The van der Waals surface area contributed by atoms with E-state index in [0.717, 1.165) is 0 Å². The number of methoxy groups -OCH3 is 1. The van der Waals surface area contributed by atoms with Gasteiger partial charge in [0, 0.05) is 6.07 Å². The zero-order valence-corrected chi connectivity index (χ0v) is 10.4. The summed E-state index contributed by atoms with van der Waals surface area (Å²) in [7, 11) is 1.53. The first kappa shape index (κ1) is 12.8. The molecule has 0 saturated heterocycles. The van der Waals surface area contributed by atoms with Crippen molar-refractivity contribution in [2.45, 2.75) is 6.92 Å². The Morgan fingerprint density at radius 1 is 1.32 bits per heavy atom. The molecule has 0 atom stereocenters. The number of rotatable bonds is 4. The first-order valence-corrected chi connectivity index (χ1v) is 5.47. The van der Waals surface area contributed by atoms with E-state index in [2.05, 4.69) is 10.2 Å². The highest BCUT2D eigenvalue weighted by atomic mass is 16.5. The van der Waals surface area contributed by atoms with Gasteiger partial charge in [-0.3, -0.25) is 0 Å². The van der Waals surface area contributed by atoms with Crippen LogP contribution in [0.1, 0.15) is 16.1 Å². The van der Waals surface area contributed by atoms with Gasteiger partial charge in [0.25, 0.3) is 0 Å². The van der Waals surface area contributed by atoms with Crippen molar-refractivity contribution in [2.24, 2.45) is 0 Å². The smallest absolute Gasteiger partial charge is 0.158 e. The monoisotopic (exact) mass is 259 g/mol. The summed E-state index contributed by atoms with van der Waals surface area (Å²) < 4.78 is 10.5. The van der Waals surface area contributed by atoms with Crippen molar-refractivity contribution >= 4 is 5.97 Å². The van der Waals surface area contributed by atoms with Crippen molar-refractivity contribution in [2.75, 3.05) is 7.11 Å². The summed E-state index contributed by atoms with van der Waals surface area (Å²) in [6.45, 7) is 1.52. The van der Waals surface area contributed by atoms with E-state index in [-0.39, 0.29) is 17.0 Å². The number of carboxylic acids is 1. The second-order valence-electron chi connectivity index (χ2n) is 3.74. The van der Waals surface area contributed by atoms with E-state index in [0.29, 0.717) is 11.5 Å². The number of aryl methyl sites for hydroxylation is 1. The Kier molecular flexibility index (Phi) is 3.61. The highest BCUT2D eigenvalue weighted by molar-refractivity contribution is 5.90. The predicted octanol–water partition coefficient (Wildman–Crippen LogP) is 0.949. The van der Waals surface area contributed by atoms with E-state index in [1.807, 2.05) is 0 Å². The van der Waals surface area contributed by atoms with Crippen molar-refractivity contribution in [3.8, 4) is 17.2 Å².